The summed E-state index contributed by atoms with van der Waals surface area (Å²) in [6.45, 7) is 8.01. The molecule has 1 aromatic rings. The zero-order valence-corrected chi connectivity index (χ0v) is 11.6. The largest absolute Gasteiger partial charge is 0.398 e. The molecular formula is C15H25N3. The molecule has 100 valence electrons. The van der Waals surface area contributed by atoms with Crippen molar-refractivity contribution in [1.82, 2.24) is 4.90 Å². The first kappa shape index (κ1) is 13.2. The lowest BCUT2D eigenvalue weighted by molar-refractivity contribution is 0.219. The minimum absolute atomic E-state index is 0.596. The van der Waals surface area contributed by atoms with Crippen LogP contribution in [-0.2, 0) is 0 Å². The smallest absolute Gasteiger partial charge is 0.0392 e. The summed E-state index contributed by atoms with van der Waals surface area (Å²) in [6.07, 6.45) is 3.72. The van der Waals surface area contributed by atoms with Gasteiger partial charge in [0.2, 0.25) is 0 Å². The minimum atomic E-state index is 0.596. The van der Waals surface area contributed by atoms with Gasteiger partial charge in [0.1, 0.15) is 0 Å². The number of piperidine rings is 1. The molecule has 0 aromatic heterocycles. The van der Waals surface area contributed by atoms with Crippen molar-refractivity contribution in [3.05, 3.63) is 23.8 Å². The molecule has 1 heterocycles. The number of nitrogens with zero attached hydrogens (tertiary/aromatic N) is 1. The molecule has 18 heavy (non-hydrogen) atoms. The number of rotatable bonds is 4. The normalized spacial score (nSPS) is 17.9. The van der Waals surface area contributed by atoms with Crippen LogP contribution >= 0.6 is 0 Å². The zero-order chi connectivity index (χ0) is 13.0. The highest BCUT2D eigenvalue weighted by atomic mass is 15.1. The zero-order valence-electron chi connectivity index (χ0n) is 11.6. The van der Waals surface area contributed by atoms with Crippen molar-refractivity contribution in [3.63, 3.8) is 0 Å². The Bertz CT molecular complexity index is 381. The summed E-state index contributed by atoms with van der Waals surface area (Å²) in [5, 5.41) is 3.65. The maximum Gasteiger partial charge on any atom is 0.0392 e. The minimum Gasteiger partial charge on any atom is -0.398 e. The molecule has 0 radical (unpaired) electrons. The molecule has 3 heteroatoms. The van der Waals surface area contributed by atoms with Crippen LogP contribution in [0.5, 0.6) is 0 Å². The van der Waals surface area contributed by atoms with Gasteiger partial charge in [-0.25, -0.2) is 0 Å². The molecule has 0 unspecified atom stereocenters. The predicted octanol–water partition coefficient (Wildman–Crippen LogP) is 2.86. The molecule has 0 amide bonds. The first-order valence-electron chi connectivity index (χ1n) is 7.04. The Morgan fingerprint density at radius 2 is 2.06 bits per heavy atom. The number of hydrogen-bond acceptors (Lipinski definition) is 3. The van der Waals surface area contributed by atoms with Crippen LogP contribution in [0.3, 0.4) is 0 Å². The summed E-state index contributed by atoms with van der Waals surface area (Å²) in [5.74, 6) is 0. The van der Waals surface area contributed by atoms with Gasteiger partial charge in [-0.15, -0.1) is 0 Å². The summed E-state index contributed by atoms with van der Waals surface area (Å²) in [7, 11) is 0. The number of hydrogen-bond donors (Lipinski definition) is 2. The standard InChI is InChI=1S/C15H25N3/c1-3-9-18-10-7-13(8-11-18)17-15-6-4-5-14(16)12(15)2/h4-6,13,17H,3,7-11,16H2,1-2H3. The Hall–Kier alpha value is -1.22. The fraction of sp³-hybridized carbons (Fsp3) is 0.600. The van der Waals surface area contributed by atoms with Gasteiger partial charge in [0.25, 0.3) is 0 Å². The number of anilines is 2. The Labute approximate surface area is 110 Å². The van der Waals surface area contributed by atoms with Crippen LogP contribution < -0.4 is 11.1 Å². The number of nitrogens with two attached hydrogens (primary N) is 1. The fourth-order valence-corrected chi connectivity index (χ4v) is 2.65. The van der Waals surface area contributed by atoms with E-state index in [4.69, 9.17) is 5.73 Å². The lowest BCUT2D eigenvalue weighted by Gasteiger charge is -2.33. The van der Waals surface area contributed by atoms with Gasteiger partial charge in [0, 0.05) is 30.5 Å². The molecule has 1 fully saturated rings. The van der Waals surface area contributed by atoms with E-state index in [2.05, 4.69) is 30.1 Å². The molecular weight excluding hydrogens is 222 g/mol. The van der Waals surface area contributed by atoms with Crippen molar-refractivity contribution >= 4 is 11.4 Å². The summed E-state index contributed by atoms with van der Waals surface area (Å²) < 4.78 is 0. The third-order valence-corrected chi connectivity index (χ3v) is 3.86. The van der Waals surface area contributed by atoms with E-state index >= 15 is 0 Å². The Morgan fingerprint density at radius 3 is 2.72 bits per heavy atom. The van der Waals surface area contributed by atoms with E-state index in [1.165, 1.54) is 50.1 Å². The van der Waals surface area contributed by atoms with Gasteiger partial charge in [0.15, 0.2) is 0 Å². The van der Waals surface area contributed by atoms with E-state index in [1.54, 1.807) is 0 Å². The highest BCUT2D eigenvalue weighted by Gasteiger charge is 2.18. The second kappa shape index (κ2) is 6.10. The second-order valence-electron chi connectivity index (χ2n) is 5.28. The Kier molecular flexibility index (Phi) is 4.48. The molecule has 1 saturated heterocycles. The van der Waals surface area contributed by atoms with Crippen LogP contribution in [0, 0.1) is 6.92 Å². The van der Waals surface area contributed by atoms with Gasteiger partial charge >= 0.3 is 0 Å². The van der Waals surface area contributed by atoms with Gasteiger partial charge in [-0.1, -0.05) is 13.0 Å². The third-order valence-electron chi connectivity index (χ3n) is 3.86. The van der Waals surface area contributed by atoms with Crippen molar-refractivity contribution in [1.29, 1.82) is 0 Å². The molecule has 0 saturated carbocycles. The van der Waals surface area contributed by atoms with Crippen molar-refractivity contribution < 1.29 is 0 Å². The maximum absolute atomic E-state index is 5.94. The number of benzene rings is 1. The first-order valence-corrected chi connectivity index (χ1v) is 7.04. The van der Waals surface area contributed by atoms with Crippen molar-refractivity contribution in [2.24, 2.45) is 0 Å². The molecule has 3 N–H and O–H groups in total. The van der Waals surface area contributed by atoms with Crippen LogP contribution in [0.1, 0.15) is 31.7 Å². The molecule has 0 spiro atoms. The summed E-state index contributed by atoms with van der Waals surface area (Å²) in [4.78, 5) is 2.56. The topological polar surface area (TPSA) is 41.3 Å². The molecule has 1 aliphatic rings. The molecule has 0 aliphatic carbocycles. The quantitative estimate of drug-likeness (QED) is 0.804. The average Bonchev–Trinajstić information content (AvgIpc) is 2.38. The van der Waals surface area contributed by atoms with Crippen LogP contribution in [0.25, 0.3) is 0 Å². The summed E-state index contributed by atoms with van der Waals surface area (Å²) >= 11 is 0. The molecule has 0 bridgehead atoms. The van der Waals surface area contributed by atoms with Crippen LogP contribution in [0.15, 0.2) is 18.2 Å². The monoisotopic (exact) mass is 247 g/mol. The lowest BCUT2D eigenvalue weighted by atomic mass is 10.0. The van der Waals surface area contributed by atoms with Gasteiger partial charge in [-0.3, -0.25) is 0 Å². The van der Waals surface area contributed by atoms with Gasteiger partial charge < -0.3 is 16.0 Å². The number of nitrogens with one attached hydrogen (secondary N) is 1. The first-order chi connectivity index (χ1) is 8.70. The van der Waals surface area contributed by atoms with E-state index in [0.29, 0.717) is 6.04 Å². The van der Waals surface area contributed by atoms with Crippen molar-refractivity contribution in [2.75, 3.05) is 30.7 Å². The lowest BCUT2D eigenvalue weighted by Crippen LogP contribution is -2.39. The van der Waals surface area contributed by atoms with E-state index in [-0.39, 0.29) is 0 Å². The van der Waals surface area contributed by atoms with Crippen molar-refractivity contribution in [2.45, 2.75) is 39.2 Å². The molecule has 1 aliphatic heterocycles. The third kappa shape index (κ3) is 3.16. The Balaban J connectivity index is 1.90. The molecule has 1 aromatic carbocycles. The molecule has 3 nitrogen and oxygen atoms in total. The number of likely N-dealkylation sites (tertiary alicyclic amines) is 1. The van der Waals surface area contributed by atoms with Crippen molar-refractivity contribution in [3.8, 4) is 0 Å². The van der Waals surface area contributed by atoms with Gasteiger partial charge in [0.05, 0.1) is 0 Å². The summed E-state index contributed by atoms with van der Waals surface area (Å²) in [6, 6.07) is 6.71. The van der Waals surface area contributed by atoms with E-state index in [9.17, 15) is 0 Å². The van der Waals surface area contributed by atoms with E-state index in [0.717, 1.165) is 5.69 Å². The van der Waals surface area contributed by atoms with Gasteiger partial charge in [-0.2, -0.15) is 0 Å². The average molecular weight is 247 g/mol. The second-order valence-corrected chi connectivity index (χ2v) is 5.28. The number of nitrogen functional groups attached to an aromatic ring is 1. The molecule has 2 rings (SSSR count). The van der Waals surface area contributed by atoms with Gasteiger partial charge in [-0.05, 0) is 50.4 Å². The highest BCUT2D eigenvalue weighted by molar-refractivity contribution is 5.63. The summed E-state index contributed by atoms with van der Waals surface area (Å²) in [5.41, 5.74) is 9.19. The maximum atomic E-state index is 5.94. The Morgan fingerprint density at radius 1 is 1.33 bits per heavy atom. The predicted molar refractivity (Wildman–Crippen MR) is 79.0 cm³/mol. The van der Waals surface area contributed by atoms with E-state index in [1.807, 2.05) is 12.1 Å². The van der Waals surface area contributed by atoms with Crippen LogP contribution in [-0.4, -0.2) is 30.6 Å². The fourth-order valence-electron chi connectivity index (χ4n) is 2.65. The van der Waals surface area contributed by atoms with E-state index < -0.39 is 0 Å². The van der Waals surface area contributed by atoms with Crippen LogP contribution in [0.2, 0.25) is 0 Å². The van der Waals surface area contributed by atoms with Crippen LogP contribution in [0.4, 0.5) is 11.4 Å². The SMILES string of the molecule is CCCN1CCC(Nc2cccc(N)c2C)CC1. The molecule has 0 atom stereocenters. The highest BCUT2D eigenvalue weighted by Crippen LogP contribution is 2.23.